The molecule has 1 N–H and O–H groups in total. The van der Waals surface area contributed by atoms with E-state index in [1.54, 1.807) is 0 Å². The van der Waals surface area contributed by atoms with Gasteiger partial charge < -0.3 is 15.0 Å². The lowest BCUT2D eigenvalue weighted by Gasteiger charge is -2.33. The van der Waals surface area contributed by atoms with Gasteiger partial charge in [0, 0.05) is 35.8 Å². The molecule has 1 saturated heterocycles. The molecule has 1 fully saturated rings. The third-order valence-electron chi connectivity index (χ3n) is 7.30. The van der Waals surface area contributed by atoms with E-state index >= 15 is 0 Å². The maximum Gasteiger partial charge on any atom is 0.410 e. The summed E-state index contributed by atoms with van der Waals surface area (Å²) in [4.78, 5) is 19.5. The Balaban J connectivity index is 1.41. The zero-order valence-corrected chi connectivity index (χ0v) is 24.8. The SMILES string of the molecule is Cc1cc(Nc2cc3ccccc3c(-c3cccc(C4CCN(C(=O)OC(C)(C)C)CC4)c3)n2)nn1C(C)(C)C. The highest BCUT2D eigenvalue weighted by Gasteiger charge is 2.28. The van der Waals surface area contributed by atoms with Gasteiger partial charge in [-0.2, -0.15) is 5.10 Å². The number of carbonyl (C=O) groups is 1. The molecular weight excluding hydrogens is 498 g/mol. The Morgan fingerprint density at radius 2 is 1.65 bits per heavy atom. The van der Waals surface area contributed by atoms with Crippen LogP contribution in [-0.4, -0.2) is 44.4 Å². The number of aromatic nitrogens is 3. The van der Waals surface area contributed by atoms with Gasteiger partial charge in [0.1, 0.15) is 11.4 Å². The predicted molar refractivity (Wildman–Crippen MR) is 162 cm³/mol. The molecule has 40 heavy (non-hydrogen) atoms. The van der Waals surface area contributed by atoms with Crippen LogP contribution in [0.3, 0.4) is 0 Å². The number of aryl methyl sites for hydroxylation is 1. The van der Waals surface area contributed by atoms with E-state index in [9.17, 15) is 4.79 Å². The lowest BCUT2D eigenvalue weighted by molar-refractivity contribution is 0.0205. The number of amides is 1. The molecule has 5 rings (SSSR count). The monoisotopic (exact) mass is 539 g/mol. The van der Waals surface area contributed by atoms with Crippen molar-refractivity contribution in [3.05, 3.63) is 71.9 Å². The van der Waals surface area contributed by atoms with Crippen molar-refractivity contribution < 1.29 is 9.53 Å². The van der Waals surface area contributed by atoms with E-state index in [4.69, 9.17) is 14.8 Å². The van der Waals surface area contributed by atoms with Crippen molar-refractivity contribution in [2.24, 2.45) is 0 Å². The van der Waals surface area contributed by atoms with Gasteiger partial charge in [-0.15, -0.1) is 0 Å². The van der Waals surface area contributed by atoms with E-state index < -0.39 is 5.60 Å². The highest BCUT2D eigenvalue weighted by molar-refractivity contribution is 5.96. The van der Waals surface area contributed by atoms with Gasteiger partial charge in [-0.3, -0.25) is 4.68 Å². The fourth-order valence-corrected chi connectivity index (χ4v) is 5.49. The molecule has 7 heteroatoms. The third-order valence-corrected chi connectivity index (χ3v) is 7.30. The van der Waals surface area contributed by atoms with E-state index in [0.717, 1.165) is 52.2 Å². The van der Waals surface area contributed by atoms with Crippen molar-refractivity contribution >= 4 is 28.5 Å². The van der Waals surface area contributed by atoms with Crippen LogP contribution in [0.4, 0.5) is 16.4 Å². The average Bonchev–Trinajstić information content (AvgIpc) is 3.28. The number of piperidine rings is 1. The van der Waals surface area contributed by atoms with E-state index in [0.29, 0.717) is 19.0 Å². The molecule has 2 aromatic carbocycles. The van der Waals surface area contributed by atoms with Crippen LogP contribution in [0.1, 0.15) is 71.6 Å². The van der Waals surface area contributed by atoms with Crippen LogP contribution >= 0.6 is 0 Å². The average molecular weight is 540 g/mol. The van der Waals surface area contributed by atoms with E-state index in [1.807, 2.05) is 30.4 Å². The Morgan fingerprint density at radius 3 is 2.33 bits per heavy atom. The minimum absolute atomic E-state index is 0.102. The third kappa shape index (κ3) is 6.14. The minimum atomic E-state index is -0.479. The summed E-state index contributed by atoms with van der Waals surface area (Å²) in [7, 11) is 0. The normalized spacial score (nSPS) is 14.9. The summed E-state index contributed by atoms with van der Waals surface area (Å²) < 4.78 is 7.62. The number of fused-ring (bicyclic) bond motifs is 1. The largest absolute Gasteiger partial charge is 0.444 e. The molecule has 1 aliphatic rings. The van der Waals surface area contributed by atoms with Crippen molar-refractivity contribution in [2.75, 3.05) is 18.4 Å². The topological polar surface area (TPSA) is 72.3 Å². The molecule has 2 aromatic heterocycles. The number of hydrogen-bond acceptors (Lipinski definition) is 5. The standard InChI is InChI=1S/C33H41N5O2/c1-22-19-29(36-38(22)32(2,3)4)34-28-21-25-11-8-9-14-27(25)30(35-28)26-13-10-12-24(20-26)23-15-17-37(18-16-23)31(39)40-33(5,6)7/h8-14,19-21,23H,15-18H2,1-7H3,(H,34,35,36). The summed E-state index contributed by atoms with van der Waals surface area (Å²) in [6, 6.07) is 21.2. The number of carbonyl (C=O) groups excluding carboxylic acids is 1. The van der Waals surface area contributed by atoms with Crippen LogP contribution in [0.2, 0.25) is 0 Å². The molecule has 7 nitrogen and oxygen atoms in total. The van der Waals surface area contributed by atoms with Gasteiger partial charge in [-0.25, -0.2) is 9.78 Å². The van der Waals surface area contributed by atoms with Gasteiger partial charge in [0.25, 0.3) is 0 Å². The van der Waals surface area contributed by atoms with Gasteiger partial charge >= 0.3 is 6.09 Å². The smallest absolute Gasteiger partial charge is 0.410 e. The zero-order valence-electron chi connectivity index (χ0n) is 24.8. The lowest BCUT2D eigenvalue weighted by atomic mass is 9.88. The molecule has 3 heterocycles. The molecule has 0 radical (unpaired) electrons. The van der Waals surface area contributed by atoms with Gasteiger partial charge in [0.05, 0.1) is 11.2 Å². The first-order chi connectivity index (χ1) is 18.9. The molecule has 210 valence electrons. The number of nitrogens with one attached hydrogen (secondary N) is 1. The zero-order chi connectivity index (χ0) is 28.7. The van der Waals surface area contributed by atoms with Crippen molar-refractivity contribution in [1.29, 1.82) is 0 Å². The number of anilines is 2. The molecule has 0 saturated carbocycles. The van der Waals surface area contributed by atoms with Crippen LogP contribution in [0.25, 0.3) is 22.0 Å². The van der Waals surface area contributed by atoms with Crippen molar-refractivity contribution in [3.63, 3.8) is 0 Å². The first kappa shape index (κ1) is 27.7. The highest BCUT2D eigenvalue weighted by atomic mass is 16.6. The van der Waals surface area contributed by atoms with E-state index in [-0.39, 0.29) is 11.6 Å². The molecule has 0 spiro atoms. The quantitative estimate of drug-likeness (QED) is 0.284. The summed E-state index contributed by atoms with van der Waals surface area (Å²) in [6.07, 6.45) is 1.60. The summed E-state index contributed by atoms with van der Waals surface area (Å²) in [5.74, 6) is 1.94. The first-order valence-corrected chi connectivity index (χ1v) is 14.2. The van der Waals surface area contributed by atoms with E-state index in [1.165, 1.54) is 5.56 Å². The number of likely N-dealkylation sites (tertiary alicyclic amines) is 1. The molecule has 0 unspecified atom stereocenters. The number of hydrogen-bond donors (Lipinski definition) is 1. The van der Waals surface area contributed by atoms with Crippen LogP contribution in [0, 0.1) is 6.92 Å². The van der Waals surface area contributed by atoms with Gasteiger partial charge in [-0.05, 0) is 90.3 Å². The Hall–Kier alpha value is -3.87. The molecular formula is C33H41N5O2. The van der Waals surface area contributed by atoms with Crippen molar-refractivity contribution in [2.45, 2.75) is 78.4 Å². The van der Waals surface area contributed by atoms with Crippen LogP contribution in [-0.2, 0) is 10.3 Å². The maximum absolute atomic E-state index is 12.5. The number of ether oxygens (including phenoxy) is 1. The Labute approximate surface area is 237 Å². The molecule has 1 amide bonds. The molecule has 0 bridgehead atoms. The predicted octanol–water partition coefficient (Wildman–Crippen LogP) is 8.02. The minimum Gasteiger partial charge on any atom is -0.444 e. The number of nitrogens with zero attached hydrogens (tertiary/aromatic N) is 4. The summed E-state index contributed by atoms with van der Waals surface area (Å²) in [5, 5.41) is 10.5. The number of benzene rings is 2. The second-order valence-electron chi connectivity index (χ2n) is 12.8. The van der Waals surface area contributed by atoms with Crippen LogP contribution in [0.15, 0.2) is 60.7 Å². The Morgan fingerprint density at radius 1 is 0.925 bits per heavy atom. The maximum atomic E-state index is 12.5. The van der Waals surface area contributed by atoms with Gasteiger partial charge in [0.2, 0.25) is 0 Å². The summed E-state index contributed by atoms with van der Waals surface area (Å²) >= 11 is 0. The van der Waals surface area contributed by atoms with E-state index in [2.05, 4.69) is 93.7 Å². The molecule has 0 atom stereocenters. The lowest BCUT2D eigenvalue weighted by Crippen LogP contribution is -2.41. The van der Waals surface area contributed by atoms with Crippen LogP contribution < -0.4 is 5.32 Å². The molecule has 4 aromatic rings. The van der Waals surface area contributed by atoms with Crippen molar-refractivity contribution in [3.8, 4) is 11.3 Å². The van der Waals surface area contributed by atoms with Crippen molar-refractivity contribution in [1.82, 2.24) is 19.7 Å². The Kier molecular flexibility index (Phi) is 7.34. The van der Waals surface area contributed by atoms with Gasteiger partial charge in [-0.1, -0.05) is 42.5 Å². The number of rotatable bonds is 4. The fourth-order valence-electron chi connectivity index (χ4n) is 5.49. The van der Waals surface area contributed by atoms with Crippen LogP contribution in [0.5, 0.6) is 0 Å². The van der Waals surface area contributed by atoms with Gasteiger partial charge in [0.15, 0.2) is 5.82 Å². The summed E-state index contributed by atoms with van der Waals surface area (Å²) in [6.45, 7) is 15.6. The first-order valence-electron chi connectivity index (χ1n) is 14.2. The second-order valence-corrected chi connectivity index (χ2v) is 12.8. The number of pyridine rings is 1. The fraction of sp³-hybridized carbons (Fsp3) is 0.424. The molecule has 1 aliphatic heterocycles. The highest BCUT2D eigenvalue weighted by Crippen LogP contribution is 2.35. The summed E-state index contributed by atoms with van der Waals surface area (Å²) in [5.41, 5.74) is 3.83. The Bertz CT molecular complexity index is 1520. The second kappa shape index (κ2) is 10.6. The molecule has 0 aliphatic carbocycles.